The van der Waals surface area contributed by atoms with E-state index in [0.717, 1.165) is 17.1 Å². The summed E-state index contributed by atoms with van der Waals surface area (Å²) in [6.45, 7) is 4.30. The summed E-state index contributed by atoms with van der Waals surface area (Å²) in [5, 5.41) is 0.110. The molecule has 1 fully saturated rings. The Bertz CT molecular complexity index is 532. The second kappa shape index (κ2) is 6.98. The number of amides is 1. The minimum Gasteiger partial charge on any atom is -0.496 e. The molecule has 0 N–H and O–H groups in total. The maximum atomic E-state index is 12.2. The van der Waals surface area contributed by atoms with Crippen LogP contribution in [0.4, 0.5) is 0 Å². The van der Waals surface area contributed by atoms with Crippen molar-refractivity contribution < 1.29 is 14.3 Å². The van der Waals surface area contributed by atoms with E-state index in [2.05, 4.69) is 0 Å². The lowest BCUT2D eigenvalue weighted by atomic mass is 10.1. The molecule has 2 atom stereocenters. The fraction of sp³-hybridized carbons (Fsp3) is 0.500. The molecule has 0 saturated carbocycles. The van der Waals surface area contributed by atoms with Crippen LogP contribution in [0.2, 0.25) is 0 Å². The Morgan fingerprint density at radius 2 is 2.19 bits per heavy atom. The largest absolute Gasteiger partial charge is 0.496 e. The molecule has 0 bridgehead atoms. The maximum Gasteiger partial charge on any atom is 0.223 e. The molecule has 2 unspecified atom stereocenters. The van der Waals surface area contributed by atoms with Gasteiger partial charge in [-0.05, 0) is 18.9 Å². The van der Waals surface area contributed by atoms with E-state index in [0.29, 0.717) is 13.0 Å². The average Bonchev–Trinajstić information content (AvgIpc) is 2.85. The van der Waals surface area contributed by atoms with Crippen molar-refractivity contribution in [1.29, 1.82) is 0 Å². The van der Waals surface area contributed by atoms with E-state index in [1.165, 1.54) is 11.8 Å². The Labute approximate surface area is 129 Å². The van der Waals surface area contributed by atoms with Crippen LogP contribution < -0.4 is 4.74 Å². The molecular weight excluding hydrogens is 286 g/mol. The van der Waals surface area contributed by atoms with Crippen molar-refractivity contribution in [3.63, 3.8) is 0 Å². The van der Waals surface area contributed by atoms with Gasteiger partial charge in [-0.25, -0.2) is 0 Å². The van der Waals surface area contributed by atoms with Crippen molar-refractivity contribution in [2.45, 2.75) is 26.3 Å². The zero-order valence-corrected chi connectivity index (χ0v) is 13.5. The van der Waals surface area contributed by atoms with Crippen molar-refractivity contribution in [3.8, 4) is 5.75 Å². The molecule has 0 aliphatic carbocycles. The summed E-state index contributed by atoms with van der Waals surface area (Å²) in [5.41, 5.74) is 1.02. The lowest BCUT2D eigenvalue weighted by Crippen LogP contribution is -2.29. The topological polar surface area (TPSA) is 46.6 Å². The molecule has 1 amide bonds. The van der Waals surface area contributed by atoms with Gasteiger partial charge in [-0.3, -0.25) is 9.59 Å². The van der Waals surface area contributed by atoms with Crippen molar-refractivity contribution in [2.75, 3.05) is 19.4 Å². The molecule has 1 aliphatic heterocycles. The van der Waals surface area contributed by atoms with E-state index in [1.54, 1.807) is 14.0 Å². The second-order valence-corrected chi connectivity index (χ2v) is 6.53. The van der Waals surface area contributed by atoms with Gasteiger partial charge in [-0.2, -0.15) is 0 Å². The van der Waals surface area contributed by atoms with Crippen molar-refractivity contribution in [1.82, 2.24) is 4.90 Å². The Morgan fingerprint density at radius 3 is 2.86 bits per heavy atom. The van der Waals surface area contributed by atoms with Crippen LogP contribution in [-0.4, -0.2) is 35.3 Å². The molecule has 1 heterocycles. The number of methoxy groups -OCH3 is 1. The fourth-order valence-electron chi connectivity index (χ4n) is 2.71. The van der Waals surface area contributed by atoms with Crippen LogP contribution in [0.15, 0.2) is 24.3 Å². The number of carbonyl (C=O) groups excluding carboxylic acids is 2. The predicted molar refractivity (Wildman–Crippen MR) is 84.4 cm³/mol. The Kier molecular flexibility index (Phi) is 5.28. The molecule has 4 nitrogen and oxygen atoms in total. The fourth-order valence-corrected chi connectivity index (χ4v) is 3.40. The van der Waals surface area contributed by atoms with Crippen LogP contribution >= 0.6 is 11.8 Å². The quantitative estimate of drug-likeness (QED) is 0.839. The highest BCUT2D eigenvalue weighted by atomic mass is 32.2. The van der Waals surface area contributed by atoms with E-state index < -0.39 is 0 Å². The van der Waals surface area contributed by atoms with Gasteiger partial charge in [0.25, 0.3) is 0 Å². The molecule has 114 valence electrons. The normalized spacial score (nSPS) is 19.7. The summed E-state index contributed by atoms with van der Waals surface area (Å²) in [4.78, 5) is 25.2. The smallest absolute Gasteiger partial charge is 0.223 e. The van der Waals surface area contributed by atoms with E-state index in [1.807, 2.05) is 36.1 Å². The van der Waals surface area contributed by atoms with Crippen molar-refractivity contribution in [2.24, 2.45) is 5.92 Å². The average molecular weight is 307 g/mol. The predicted octanol–water partition coefficient (Wildman–Crippen LogP) is 2.88. The van der Waals surface area contributed by atoms with Gasteiger partial charge >= 0.3 is 0 Å². The van der Waals surface area contributed by atoms with Crippen LogP contribution in [0.5, 0.6) is 5.75 Å². The highest BCUT2D eigenvalue weighted by Gasteiger charge is 2.34. The summed E-state index contributed by atoms with van der Waals surface area (Å²) >= 11 is 1.31. The molecule has 0 aromatic heterocycles. The van der Waals surface area contributed by atoms with Gasteiger partial charge in [0.05, 0.1) is 13.2 Å². The standard InChI is InChI=1S/C16H21NO3S/c1-11(14-6-4-5-7-15(14)20-3)17-9-13(8-16(17)19)10-21-12(2)18/h4-7,11,13H,8-10H2,1-3H3. The minimum atomic E-state index is -0.0130. The Morgan fingerprint density at radius 1 is 1.48 bits per heavy atom. The van der Waals surface area contributed by atoms with E-state index in [9.17, 15) is 9.59 Å². The van der Waals surface area contributed by atoms with Crippen LogP contribution in [0.25, 0.3) is 0 Å². The maximum absolute atomic E-state index is 12.2. The first-order valence-corrected chi connectivity index (χ1v) is 8.07. The van der Waals surface area contributed by atoms with Gasteiger partial charge in [0.1, 0.15) is 5.75 Å². The molecule has 1 aliphatic rings. The second-order valence-electron chi connectivity index (χ2n) is 5.34. The van der Waals surface area contributed by atoms with Gasteiger partial charge in [0, 0.05) is 31.2 Å². The summed E-state index contributed by atoms with van der Waals surface area (Å²) in [6.07, 6.45) is 0.528. The molecule has 5 heteroatoms. The van der Waals surface area contributed by atoms with Crippen molar-refractivity contribution in [3.05, 3.63) is 29.8 Å². The zero-order chi connectivity index (χ0) is 15.4. The summed E-state index contributed by atoms with van der Waals surface area (Å²) in [7, 11) is 1.64. The van der Waals surface area contributed by atoms with E-state index in [-0.39, 0.29) is 23.0 Å². The van der Waals surface area contributed by atoms with E-state index >= 15 is 0 Å². The summed E-state index contributed by atoms with van der Waals surface area (Å²) in [6, 6.07) is 7.77. The van der Waals surface area contributed by atoms with Gasteiger partial charge in [0.2, 0.25) is 5.91 Å². The molecule has 21 heavy (non-hydrogen) atoms. The number of hydrogen-bond donors (Lipinski definition) is 0. The number of nitrogens with zero attached hydrogens (tertiary/aromatic N) is 1. The molecule has 1 aromatic carbocycles. The number of thioether (sulfide) groups is 1. The highest BCUT2D eigenvalue weighted by molar-refractivity contribution is 8.13. The summed E-state index contributed by atoms with van der Waals surface area (Å²) < 4.78 is 5.38. The zero-order valence-electron chi connectivity index (χ0n) is 12.7. The summed E-state index contributed by atoms with van der Waals surface area (Å²) in [5.74, 6) is 1.93. The minimum absolute atomic E-state index is 0.0130. The third kappa shape index (κ3) is 3.79. The molecule has 0 spiro atoms. The number of likely N-dealkylation sites (tertiary alicyclic amines) is 1. The van der Waals surface area contributed by atoms with E-state index in [4.69, 9.17) is 4.74 Å². The number of hydrogen-bond acceptors (Lipinski definition) is 4. The Balaban J connectivity index is 2.07. The van der Waals surface area contributed by atoms with Gasteiger partial charge in [0.15, 0.2) is 5.12 Å². The van der Waals surface area contributed by atoms with Gasteiger partial charge in [-0.15, -0.1) is 0 Å². The molecule has 1 saturated heterocycles. The lowest BCUT2D eigenvalue weighted by molar-refractivity contribution is -0.129. The highest BCUT2D eigenvalue weighted by Crippen LogP contribution is 2.34. The molecule has 0 radical (unpaired) electrons. The molecule has 2 rings (SSSR count). The monoisotopic (exact) mass is 307 g/mol. The Hall–Kier alpha value is -1.49. The first kappa shape index (κ1) is 15.9. The first-order valence-electron chi connectivity index (χ1n) is 7.08. The van der Waals surface area contributed by atoms with Gasteiger partial charge < -0.3 is 9.64 Å². The van der Waals surface area contributed by atoms with Crippen LogP contribution in [0.3, 0.4) is 0 Å². The van der Waals surface area contributed by atoms with Crippen molar-refractivity contribution >= 4 is 22.8 Å². The number of benzene rings is 1. The van der Waals surface area contributed by atoms with Gasteiger partial charge in [-0.1, -0.05) is 30.0 Å². The third-order valence-corrected chi connectivity index (χ3v) is 4.86. The van der Waals surface area contributed by atoms with Crippen LogP contribution in [-0.2, 0) is 9.59 Å². The first-order chi connectivity index (χ1) is 10.0. The number of carbonyl (C=O) groups is 2. The number of rotatable bonds is 5. The number of para-hydroxylation sites is 1. The number of ether oxygens (including phenoxy) is 1. The third-order valence-electron chi connectivity index (χ3n) is 3.82. The van der Waals surface area contributed by atoms with Crippen LogP contribution in [0.1, 0.15) is 31.9 Å². The van der Waals surface area contributed by atoms with Crippen LogP contribution in [0, 0.1) is 5.92 Å². The molecule has 1 aromatic rings. The molecular formula is C16H21NO3S. The lowest BCUT2D eigenvalue weighted by Gasteiger charge is -2.26. The SMILES string of the molecule is COc1ccccc1C(C)N1CC(CSC(C)=O)CC1=O.